The molecule has 1 saturated heterocycles. The Balaban J connectivity index is 1.67. The van der Waals surface area contributed by atoms with E-state index in [9.17, 15) is 4.79 Å². The highest BCUT2D eigenvalue weighted by Crippen LogP contribution is 2.23. The monoisotopic (exact) mass is 327 g/mol. The Morgan fingerprint density at radius 2 is 1.83 bits per heavy atom. The number of benzene rings is 1. The number of amides is 1. The van der Waals surface area contributed by atoms with Crippen molar-refractivity contribution in [3.05, 3.63) is 48.2 Å². The highest BCUT2D eigenvalue weighted by atomic mass is 16.5. The summed E-state index contributed by atoms with van der Waals surface area (Å²) in [5, 5.41) is 0. The minimum absolute atomic E-state index is 0.0368. The number of carbonyl (C=O) groups is 1. The summed E-state index contributed by atoms with van der Waals surface area (Å²) in [6.45, 7) is 2.88. The van der Waals surface area contributed by atoms with Gasteiger partial charge in [0.05, 0.1) is 14.2 Å². The molecule has 1 amide bonds. The van der Waals surface area contributed by atoms with Crippen LogP contribution >= 0.6 is 0 Å². The van der Waals surface area contributed by atoms with E-state index in [0.29, 0.717) is 24.5 Å². The molecule has 0 spiro atoms. The van der Waals surface area contributed by atoms with E-state index in [1.807, 2.05) is 23.1 Å². The third-order valence-corrected chi connectivity index (χ3v) is 4.18. The van der Waals surface area contributed by atoms with E-state index >= 15 is 0 Å². The van der Waals surface area contributed by atoms with Crippen LogP contribution < -0.4 is 14.4 Å². The van der Waals surface area contributed by atoms with Crippen molar-refractivity contribution in [3.63, 3.8) is 0 Å². The fourth-order valence-corrected chi connectivity index (χ4v) is 2.86. The Morgan fingerprint density at radius 1 is 1.04 bits per heavy atom. The third-order valence-electron chi connectivity index (χ3n) is 4.18. The minimum Gasteiger partial charge on any atom is -0.497 e. The average molecular weight is 327 g/mol. The van der Waals surface area contributed by atoms with Crippen LogP contribution in [0.2, 0.25) is 0 Å². The van der Waals surface area contributed by atoms with Crippen molar-refractivity contribution in [2.75, 3.05) is 45.3 Å². The van der Waals surface area contributed by atoms with Gasteiger partial charge in [0.1, 0.15) is 11.3 Å². The molecule has 0 unspecified atom stereocenters. The first-order valence-electron chi connectivity index (χ1n) is 7.90. The van der Waals surface area contributed by atoms with E-state index in [4.69, 9.17) is 9.47 Å². The molecule has 1 aliphatic heterocycles. The molecule has 3 rings (SSSR count). The number of anilines is 1. The number of hydrogen-bond acceptors (Lipinski definition) is 5. The maximum Gasteiger partial charge on any atom is 0.259 e. The predicted molar refractivity (Wildman–Crippen MR) is 91.9 cm³/mol. The molecule has 2 heterocycles. The number of piperazine rings is 1. The minimum atomic E-state index is -0.0368. The Kier molecular flexibility index (Phi) is 4.84. The van der Waals surface area contributed by atoms with Gasteiger partial charge in [0.25, 0.3) is 5.91 Å². The number of aromatic nitrogens is 1. The normalized spacial score (nSPS) is 14.4. The molecule has 1 aliphatic rings. The van der Waals surface area contributed by atoms with E-state index in [1.165, 1.54) is 7.11 Å². The second-order valence-electron chi connectivity index (χ2n) is 5.54. The van der Waals surface area contributed by atoms with E-state index in [2.05, 4.69) is 16.0 Å². The summed E-state index contributed by atoms with van der Waals surface area (Å²) in [6.07, 6.45) is 1.62. The summed E-state index contributed by atoms with van der Waals surface area (Å²) in [4.78, 5) is 20.9. The topological polar surface area (TPSA) is 54.9 Å². The smallest absolute Gasteiger partial charge is 0.259 e. The Bertz CT molecular complexity index is 712. The first kappa shape index (κ1) is 16.1. The number of rotatable bonds is 4. The van der Waals surface area contributed by atoms with Crippen molar-refractivity contribution in [3.8, 4) is 11.6 Å². The molecule has 0 atom stereocenters. The molecule has 1 aromatic carbocycles. The molecule has 126 valence electrons. The molecule has 1 aromatic heterocycles. The second kappa shape index (κ2) is 7.21. The first-order chi connectivity index (χ1) is 11.7. The van der Waals surface area contributed by atoms with Gasteiger partial charge in [-0.2, -0.15) is 0 Å². The van der Waals surface area contributed by atoms with E-state index in [0.717, 1.165) is 24.5 Å². The lowest BCUT2D eigenvalue weighted by molar-refractivity contribution is 0.0742. The Labute approximate surface area is 141 Å². The molecule has 0 bridgehead atoms. The second-order valence-corrected chi connectivity index (χ2v) is 5.54. The summed E-state index contributed by atoms with van der Waals surface area (Å²) in [5.74, 6) is 1.18. The van der Waals surface area contributed by atoms with Crippen molar-refractivity contribution in [1.82, 2.24) is 9.88 Å². The molecule has 2 aromatic rings. The summed E-state index contributed by atoms with van der Waals surface area (Å²) < 4.78 is 10.5. The number of methoxy groups -OCH3 is 2. The molecular weight excluding hydrogens is 306 g/mol. The Hall–Kier alpha value is -2.76. The van der Waals surface area contributed by atoms with Crippen LogP contribution in [0.4, 0.5) is 5.69 Å². The highest BCUT2D eigenvalue weighted by molar-refractivity contribution is 5.96. The van der Waals surface area contributed by atoms with Gasteiger partial charge in [-0.15, -0.1) is 0 Å². The van der Waals surface area contributed by atoms with Crippen molar-refractivity contribution in [1.29, 1.82) is 0 Å². The SMILES string of the molecule is COc1cccc(N2CCN(C(=O)c3cccnc3OC)CC2)c1. The van der Waals surface area contributed by atoms with Crippen molar-refractivity contribution in [2.45, 2.75) is 0 Å². The van der Waals surface area contributed by atoms with Gasteiger partial charge in [-0.05, 0) is 24.3 Å². The maximum absolute atomic E-state index is 12.7. The zero-order chi connectivity index (χ0) is 16.9. The zero-order valence-corrected chi connectivity index (χ0v) is 13.9. The molecule has 0 radical (unpaired) electrons. The zero-order valence-electron chi connectivity index (χ0n) is 13.9. The highest BCUT2D eigenvalue weighted by Gasteiger charge is 2.24. The molecular formula is C18H21N3O3. The number of nitrogens with zero attached hydrogens (tertiary/aromatic N) is 3. The van der Waals surface area contributed by atoms with E-state index in [-0.39, 0.29) is 5.91 Å². The van der Waals surface area contributed by atoms with Crippen LogP contribution in [-0.2, 0) is 0 Å². The van der Waals surface area contributed by atoms with Crippen LogP contribution in [0.1, 0.15) is 10.4 Å². The summed E-state index contributed by atoms with van der Waals surface area (Å²) >= 11 is 0. The van der Waals surface area contributed by atoms with Crippen molar-refractivity contribution in [2.24, 2.45) is 0 Å². The molecule has 24 heavy (non-hydrogen) atoms. The lowest BCUT2D eigenvalue weighted by Gasteiger charge is -2.36. The van der Waals surface area contributed by atoms with Crippen LogP contribution in [0.15, 0.2) is 42.6 Å². The molecule has 0 N–H and O–H groups in total. The average Bonchev–Trinajstić information content (AvgIpc) is 2.67. The molecule has 6 nitrogen and oxygen atoms in total. The van der Waals surface area contributed by atoms with E-state index < -0.39 is 0 Å². The van der Waals surface area contributed by atoms with Gasteiger partial charge in [-0.3, -0.25) is 4.79 Å². The van der Waals surface area contributed by atoms with Crippen LogP contribution in [-0.4, -0.2) is 56.2 Å². The number of carbonyl (C=O) groups excluding carboxylic acids is 1. The standard InChI is InChI=1S/C18H21N3O3/c1-23-15-6-3-5-14(13-15)20-9-11-21(12-10-20)18(22)16-7-4-8-19-17(16)24-2/h3-8,13H,9-12H2,1-2H3. The van der Waals surface area contributed by atoms with Gasteiger partial charge in [0.2, 0.25) is 5.88 Å². The fourth-order valence-electron chi connectivity index (χ4n) is 2.86. The number of pyridine rings is 1. The van der Waals surface area contributed by atoms with Crippen LogP contribution in [0.25, 0.3) is 0 Å². The third kappa shape index (κ3) is 3.27. The van der Waals surface area contributed by atoms with Crippen LogP contribution in [0, 0.1) is 0 Å². The van der Waals surface area contributed by atoms with Crippen LogP contribution in [0.5, 0.6) is 11.6 Å². The van der Waals surface area contributed by atoms with Gasteiger partial charge in [0, 0.05) is 44.1 Å². The molecule has 0 aliphatic carbocycles. The van der Waals surface area contributed by atoms with Gasteiger partial charge in [-0.1, -0.05) is 6.07 Å². The first-order valence-corrected chi connectivity index (χ1v) is 7.90. The Morgan fingerprint density at radius 3 is 2.54 bits per heavy atom. The predicted octanol–water partition coefficient (Wildman–Crippen LogP) is 2.06. The lowest BCUT2D eigenvalue weighted by Crippen LogP contribution is -2.48. The van der Waals surface area contributed by atoms with Crippen molar-refractivity contribution < 1.29 is 14.3 Å². The number of ether oxygens (including phenoxy) is 2. The van der Waals surface area contributed by atoms with Gasteiger partial charge < -0.3 is 19.3 Å². The maximum atomic E-state index is 12.7. The van der Waals surface area contributed by atoms with E-state index in [1.54, 1.807) is 25.4 Å². The molecule has 1 fully saturated rings. The number of hydrogen-bond donors (Lipinski definition) is 0. The summed E-state index contributed by atoms with van der Waals surface area (Å²) in [5.41, 5.74) is 1.62. The summed E-state index contributed by atoms with van der Waals surface area (Å²) in [7, 11) is 3.19. The van der Waals surface area contributed by atoms with Gasteiger partial charge in [-0.25, -0.2) is 4.98 Å². The quantitative estimate of drug-likeness (QED) is 0.860. The summed E-state index contributed by atoms with van der Waals surface area (Å²) in [6, 6.07) is 11.5. The van der Waals surface area contributed by atoms with Crippen molar-refractivity contribution >= 4 is 11.6 Å². The van der Waals surface area contributed by atoms with Gasteiger partial charge >= 0.3 is 0 Å². The molecule has 0 saturated carbocycles. The fraction of sp³-hybridized carbons (Fsp3) is 0.333. The van der Waals surface area contributed by atoms with Gasteiger partial charge in [0.15, 0.2) is 0 Å². The van der Waals surface area contributed by atoms with Crippen LogP contribution in [0.3, 0.4) is 0 Å². The molecule has 6 heteroatoms. The largest absolute Gasteiger partial charge is 0.497 e. The lowest BCUT2D eigenvalue weighted by atomic mass is 10.2.